The lowest BCUT2D eigenvalue weighted by Crippen LogP contribution is -1.93. The number of hydrogen-bond donors (Lipinski definition) is 1. The Morgan fingerprint density at radius 1 is 1.00 bits per heavy atom. The van der Waals surface area contributed by atoms with E-state index in [2.05, 4.69) is 50.2 Å². The Bertz CT molecular complexity index is 839. The smallest absolute Gasteiger partial charge is 0.138 e. The number of benzene rings is 2. The molecular weight excluding hydrogens is 270 g/mol. The molecule has 22 heavy (non-hydrogen) atoms. The molecule has 0 atom stereocenters. The third-order valence-electron chi connectivity index (χ3n) is 3.89. The van der Waals surface area contributed by atoms with Crippen molar-refractivity contribution in [2.75, 3.05) is 0 Å². The van der Waals surface area contributed by atoms with Crippen LogP contribution in [-0.2, 0) is 12.8 Å². The number of furan rings is 1. The van der Waals surface area contributed by atoms with Gasteiger partial charge in [-0.1, -0.05) is 56.3 Å². The first kappa shape index (κ1) is 14.6. The SMILES string of the molecule is CC(C)Cc1cccc2c1oc1c(C/C=C\C=N)cccc12. The van der Waals surface area contributed by atoms with Crippen molar-refractivity contribution < 1.29 is 4.42 Å². The molecule has 3 rings (SSSR count). The van der Waals surface area contributed by atoms with Crippen molar-refractivity contribution in [2.45, 2.75) is 26.7 Å². The van der Waals surface area contributed by atoms with Gasteiger partial charge >= 0.3 is 0 Å². The van der Waals surface area contributed by atoms with Gasteiger partial charge in [-0.2, -0.15) is 0 Å². The van der Waals surface area contributed by atoms with E-state index in [4.69, 9.17) is 9.83 Å². The van der Waals surface area contributed by atoms with Crippen LogP contribution in [0.5, 0.6) is 0 Å². The molecule has 0 aliphatic heterocycles. The fraction of sp³-hybridized carbons (Fsp3) is 0.250. The molecule has 1 heterocycles. The van der Waals surface area contributed by atoms with Gasteiger partial charge in [-0.05, 0) is 36.0 Å². The second-order valence-corrected chi connectivity index (χ2v) is 6.09. The number of nitrogens with one attached hydrogen (secondary N) is 1. The Morgan fingerprint density at radius 3 is 2.27 bits per heavy atom. The van der Waals surface area contributed by atoms with Gasteiger partial charge < -0.3 is 9.83 Å². The molecule has 2 nitrogen and oxygen atoms in total. The Morgan fingerprint density at radius 2 is 1.64 bits per heavy atom. The standard InChI is InChI=1S/C20H21NO/c1-14(2)13-16-9-6-11-18-17-10-5-8-15(7-3-4-12-21)19(17)22-20(16)18/h3-6,8-12,14,21H,7,13H2,1-2H3/b4-3-,21-12?. The van der Waals surface area contributed by atoms with Crippen molar-refractivity contribution >= 4 is 28.2 Å². The summed E-state index contributed by atoms with van der Waals surface area (Å²) in [5, 5.41) is 9.46. The summed E-state index contributed by atoms with van der Waals surface area (Å²) in [7, 11) is 0. The zero-order valence-electron chi connectivity index (χ0n) is 13.1. The summed E-state index contributed by atoms with van der Waals surface area (Å²) in [4.78, 5) is 0. The van der Waals surface area contributed by atoms with Gasteiger partial charge in [0.15, 0.2) is 0 Å². The van der Waals surface area contributed by atoms with Crippen molar-refractivity contribution in [1.82, 2.24) is 0 Å². The van der Waals surface area contributed by atoms with E-state index in [1.807, 2.05) is 6.08 Å². The molecule has 0 aliphatic rings. The maximum atomic E-state index is 7.08. The molecule has 0 saturated carbocycles. The summed E-state index contributed by atoms with van der Waals surface area (Å²) < 4.78 is 6.26. The second kappa shape index (κ2) is 6.18. The number of rotatable bonds is 5. The zero-order chi connectivity index (χ0) is 15.5. The van der Waals surface area contributed by atoms with Crippen LogP contribution in [-0.4, -0.2) is 6.21 Å². The summed E-state index contributed by atoms with van der Waals surface area (Å²) in [6, 6.07) is 12.7. The van der Waals surface area contributed by atoms with Crippen LogP contribution < -0.4 is 0 Å². The van der Waals surface area contributed by atoms with Crippen molar-refractivity contribution in [2.24, 2.45) is 5.92 Å². The Balaban J connectivity index is 2.18. The molecule has 0 bridgehead atoms. The number of para-hydroxylation sites is 2. The Kier molecular flexibility index (Phi) is 4.10. The minimum absolute atomic E-state index is 0.605. The molecule has 2 heteroatoms. The number of fused-ring (bicyclic) bond motifs is 3. The van der Waals surface area contributed by atoms with Gasteiger partial charge in [-0.25, -0.2) is 0 Å². The number of allylic oxidation sites excluding steroid dienone is 2. The van der Waals surface area contributed by atoms with Crippen LogP contribution >= 0.6 is 0 Å². The molecule has 1 N–H and O–H groups in total. The van der Waals surface area contributed by atoms with Gasteiger partial charge in [0.25, 0.3) is 0 Å². The fourth-order valence-corrected chi connectivity index (χ4v) is 2.96. The summed E-state index contributed by atoms with van der Waals surface area (Å²) >= 11 is 0. The highest BCUT2D eigenvalue weighted by Gasteiger charge is 2.13. The second-order valence-electron chi connectivity index (χ2n) is 6.09. The lowest BCUT2D eigenvalue weighted by molar-refractivity contribution is 0.622. The molecule has 2 aromatic carbocycles. The van der Waals surface area contributed by atoms with E-state index in [-0.39, 0.29) is 0 Å². The molecule has 112 valence electrons. The van der Waals surface area contributed by atoms with E-state index in [0.717, 1.165) is 24.0 Å². The van der Waals surface area contributed by atoms with E-state index in [9.17, 15) is 0 Å². The molecule has 0 radical (unpaired) electrons. The lowest BCUT2D eigenvalue weighted by Gasteiger charge is -2.04. The van der Waals surface area contributed by atoms with Gasteiger partial charge in [-0.15, -0.1) is 0 Å². The molecule has 0 aliphatic carbocycles. The van der Waals surface area contributed by atoms with Crippen LogP contribution in [0.1, 0.15) is 25.0 Å². The highest BCUT2D eigenvalue weighted by Crippen LogP contribution is 2.33. The molecular formula is C20H21NO. The first-order valence-corrected chi connectivity index (χ1v) is 7.78. The van der Waals surface area contributed by atoms with Crippen LogP contribution in [0.2, 0.25) is 0 Å². The van der Waals surface area contributed by atoms with Crippen molar-refractivity contribution in [3.05, 3.63) is 59.7 Å². The molecule has 0 spiro atoms. The van der Waals surface area contributed by atoms with Crippen LogP contribution in [0.15, 0.2) is 53.0 Å². The zero-order valence-corrected chi connectivity index (χ0v) is 13.1. The summed E-state index contributed by atoms with van der Waals surface area (Å²) in [6.07, 6.45) is 6.86. The van der Waals surface area contributed by atoms with Gasteiger partial charge in [0.05, 0.1) is 0 Å². The molecule has 1 aromatic heterocycles. The molecule has 3 aromatic rings. The fourth-order valence-electron chi connectivity index (χ4n) is 2.96. The maximum Gasteiger partial charge on any atom is 0.138 e. The van der Waals surface area contributed by atoms with Crippen molar-refractivity contribution in [3.8, 4) is 0 Å². The Labute approximate surface area is 131 Å². The van der Waals surface area contributed by atoms with E-state index in [1.165, 1.54) is 28.1 Å². The number of hydrogen-bond acceptors (Lipinski definition) is 2. The average Bonchev–Trinajstić information content (AvgIpc) is 2.88. The first-order valence-electron chi connectivity index (χ1n) is 7.78. The van der Waals surface area contributed by atoms with Gasteiger partial charge in [0, 0.05) is 17.0 Å². The van der Waals surface area contributed by atoms with Crippen LogP contribution in [0.3, 0.4) is 0 Å². The van der Waals surface area contributed by atoms with Gasteiger partial charge in [-0.3, -0.25) is 0 Å². The monoisotopic (exact) mass is 291 g/mol. The van der Waals surface area contributed by atoms with E-state index < -0.39 is 0 Å². The van der Waals surface area contributed by atoms with E-state index >= 15 is 0 Å². The first-order chi connectivity index (χ1) is 10.7. The molecule has 0 amide bonds. The highest BCUT2D eigenvalue weighted by atomic mass is 16.3. The lowest BCUT2D eigenvalue weighted by atomic mass is 10.00. The predicted molar refractivity (Wildman–Crippen MR) is 93.9 cm³/mol. The molecule has 0 unspecified atom stereocenters. The third kappa shape index (κ3) is 2.69. The van der Waals surface area contributed by atoms with Crippen LogP contribution in [0.4, 0.5) is 0 Å². The quantitative estimate of drug-likeness (QED) is 0.616. The van der Waals surface area contributed by atoms with Crippen molar-refractivity contribution in [1.29, 1.82) is 5.41 Å². The highest BCUT2D eigenvalue weighted by molar-refractivity contribution is 6.06. The van der Waals surface area contributed by atoms with Gasteiger partial charge in [0.2, 0.25) is 0 Å². The molecule has 0 fully saturated rings. The topological polar surface area (TPSA) is 37.0 Å². The largest absolute Gasteiger partial charge is 0.455 e. The third-order valence-corrected chi connectivity index (χ3v) is 3.89. The van der Waals surface area contributed by atoms with Crippen molar-refractivity contribution in [3.63, 3.8) is 0 Å². The summed E-state index contributed by atoms with van der Waals surface area (Å²) in [5.74, 6) is 0.605. The van der Waals surface area contributed by atoms with Crippen LogP contribution in [0, 0.1) is 11.3 Å². The summed E-state index contributed by atoms with van der Waals surface area (Å²) in [6.45, 7) is 4.46. The van der Waals surface area contributed by atoms with E-state index in [0.29, 0.717) is 5.92 Å². The average molecular weight is 291 g/mol. The molecule has 0 saturated heterocycles. The van der Waals surface area contributed by atoms with Gasteiger partial charge in [0.1, 0.15) is 11.2 Å². The predicted octanol–water partition coefficient (Wildman–Crippen LogP) is 5.53. The minimum Gasteiger partial charge on any atom is -0.455 e. The summed E-state index contributed by atoms with van der Waals surface area (Å²) in [5.41, 5.74) is 4.45. The normalized spacial score (nSPS) is 12.0. The minimum atomic E-state index is 0.605. The van der Waals surface area contributed by atoms with Crippen LogP contribution in [0.25, 0.3) is 21.9 Å². The maximum absolute atomic E-state index is 7.08. The Hall–Kier alpha value is -2.35. The van der Waals surface area contributed by atoms with E-state index in [1.54, 1.807) is 6.08 Å².